The van der Waals surface area contributed by atoms with E-state index in [-0.39, 0.29) is 5.69 Å². The molecule has 108 valence electrons. The van der Waals surface area contributed by atoms with Crippen molar-refractivity contribution in [3.63, 3.8) is 0 Å². The van der Waals surface area contributed by atoms with Crippen molar-refractivity contribution in [3.05, 3.63) is 34.2 Å². The fraction of sp³-hybridized carbons (Fsp3) is 0.562. The lowest BCUT2D eigenvalue weighted by Crippen LogP contribution is -2.35. The van der Waals surface area contributed by atoms with Gasteiger partial charge in [-0.05, 0) is 56.9 Å². The molecule has 1 aliphatic rings. The van der Waals surface area contributed by atoms with Crippen LogP contribution in [0.4, 0.5) is 0 Å². The van der Waals surface area contributed by atoms with Gasteiger partial charge in [0.2, 0.25) is 0 Å². The third kappa shape index (κ3) is 2.40. The van der Waals surface area contributed by atoms with Crippen molar-refractivity contribution in [2.75, 3.05) is 19.6 Å². The van der Waals surface area contributed by atoms with E-state index in [0.29, 0.717) is 5.92 Å². The maximum atomic E-state index is 12.2. The topological polar surface area (TPSA) is 41.0 Å². The van der Waals surface area contributed by atoms with Crippen molar-refractivity contribution >= 4 is 11.0 Å². The number of rotatable bonds is 3. The summed E-state index contributed by atoms with van der Waals surface area (Å²) in [6, 6.07) is 6.06. The predicted molar refractivity (Wildman–Crippen MR) is 82.1 cm³/mol. The van der Waals surface area contributed by atoms with Crippen LogP contribution in [0.5, 0.6) is 0 Å². The summed E-state index contributed by atoms with van der Waals surface area (Å²) in [4.78, 5) is 17.6. The van der Waals surface area contributed by atoms with Crippen LogP contribution >= 0.6 is 0 Å². The number of H-pyrrole nitrogens is 1. The number of aromatic amines is 1. The molecule has 4 nitrogen and oxygen atoms in total. The standard InChI is InChI=1S/C16H23N3O/c1-3-18-9-7-13(8-10-18)11-19-15-12(2)5-4-6-14(15)17-16(19)20/h4-6,13H,3,7-11H2,1-2H3,(H,17,20). The number of nitrogens with one attached hydrogen (secondary N) is 1. The van der Waals surface area contributed by atoms with Crippen LogP contribution in [0.2, 0.25) is 0 Å². The van der Waals surface area contributed by atoms with E-state index in [9.17, 15) is 4.79 Å². The smallest absolute Gasteiger partial charge is 0.306 e. The largest absolute Gasteiger partial charge is 0.326 e. The molecule has 4 heteroatoms. The third-order valence-corrected chi connectivity index (χ3v) is 4.59. The van der Waals surface area contributed by atoms with Gasteiger partial charge in [0.1, 0.15) is 0 Å². The summed E-state index contributed by atoms with van der Waals surface area (Å²) >= 11 is 0. The van der Waals surface area contributed by atoms with Crippen molar-refractivity contribution in [1.82, 2.24) is 14.5 Å². The van der Waals surface area contributed by atoms with E-state index in [1.807, 2.05) is 16.7 Å². The van der Waals surface area contributed by atoms with Gasteiger partial charge in [-0.1, -0.05) is 19.1 Å². The van der Waals surface area contributed by atoms with Crippen LogP contribution in [0.3, 0.4) is 0 Å². The Labute approximate surface area is 119 Å². The maximum Gasteiger partial charge on any atom is 0.326 e. The van der Waals surface area contributed by atoms with E-state index in [4.69, 9.17) is 0 Å². The Kier molecular flexibility index (Phi) is 3.66. The summed E-state index contributed by atoms with van der Waals surface area (Å²) in [6.45, 7) is 8.61. The number of aryl methyl sites for hydroxylation is 1. The highest BCUT2D eigenvalue weighted by atomic mass is 16.1. The molecular formula is C16H23N3O. The van der Waals surface area contributed by atoms with E-state index >= 15 is 0 Å². The number of nitrogens with zero attached hydrogens (tertiary/aromatic N) is 2. The Morgan fingerprint density at radius 2 is 2.05 bits per heavy atom. The SMILES string of the molecule is CCN1CCC(Cn2c(=O)[nH]c3cccc(C)c32)CC1. The lowest BCUT2D eigenvalue weighted by Gasteiger charge is -2.31. The second-order valence-corrected chi connectivity index (χ2v) is 5.89. The highest BCUT2D eigenvalue weighted by Gasteiger charge is 2.20. The minimum absolute atomic E-state index is 0.0345. The maximum absolute atomic E-state index is 12.2. The number of fused-ring (bicyclic) bond motifs is 1. The monoisotopic (exact) mass is 273 g/mol. The number of likely N-dealkylation sites (tertiary alicyclic amines) is 1. The van der Waals surface area contributed by atoms with Crippen LogP contribution < -0.4 is 5.69 Å². The van der Waals surface area contributed by atoms with Gasteiger partial charge in [-0.25, -0.2) is 4.79 Å². The Morgan fingerprint density at radius 3 is 2.75 bits per heavy atom. The van der Waals surface area contributed by atoms with Crippen LogP contribution in [0.25, 0.3) is 11.0 Å². The molecular weight excluding hydrogens is 250 g/mol. The molecule has 0 unspecified atom stereocenters. The van der Waals surface area contributed by atoms with E-state index in [1.54, 1.807) is 0 Å². The molecule has 0 saturated carbocycles. The van der Waals surface area contributed by atoms with Gasteiger partial charge >= 0.3 is 5.69 Å². The normalized spacial score (nSPS) is 17.9. The number of para-hydroxylation sites is 1. The van der Waals surface area contributed by atoms with Crippen LogP contribution in [-0.4, -0.2) is 34.1 Å². The van der Waals surface area contributed by atoms with Gasteiger partial charge in [-0.2, -0.15) is 0 Å². The highest BCUT2D eigenvalue weighted by molar-refractivity contribution is 5.78. The molecule has 3 rings (SSSR count). The molecule has 1 aromatic heterocycles. The molecule has 1 saturated heterocycles. The van der Waals surface area contributed by atoms with Crippen molar-refractivity contribution in [3.8, 4) is 0 Å². The van der Waals surface area contributed by atoms with Gasteiger partial charge in [0, 0.05) is 6.54 Å². The molecule has 0 aliphatic carbocycles. The quantitative estimate of drug-likeness (QED) is 0.932. The molecule has 20 heavy (non-hydrogen) atoms. The summed E-state index contributed by atoms with van der Waals surface area (Å²) < 4.78 is 1.94. The molecule has 0 atom stereocenters. The Hall–Kier alpha value is -1.55. The number of hydrogen-bond acceptors (Lipinski definition) is 2. The second kappa shape index (κ2) is 5.44. The summed E-state index contributed by atoms with van der Waals surface area (Å²) in [5, 5.41) is 0. The van der Waals surface area contributed by atoms with Gasteiger partial charge in [0.15, 0.2) is 0 Å². The first-order chi connectivity index (χ1) is 9.69. The number of piperidine rings is 1. The van der Waals surface area contributed by atoms with E-state index < -0.39 is 0 Å². The predicted octanol–water partition coefficient (Wildman–Crippen LogP) is 2.37. The molecule has 1 aromatic carbocycles. The zero-order valence-electron chi connectivity index (χ0n) is 12.4. The number of hydrogen-bond donors (Lipinski definition) is 1. The molecule has 2 heterocycles. The summed E-state index contributed by atoms with van der Waals surface area (Å²) in [5.41, 5.74) is 3.25. The van der Waals surface area contributed by atoms with Crippen molar-refractivity contribution in [2.24, 2.45) is 5.92 Å². The first-order valence-corrected chi connectivity index (χ1v) is 7.59. The first kappa shape index (κ1) is 13.4. The van der Waals surface area contributed by atoms with Gasteiger partial charge in [0.25, 0.3) is 0 Å². The van der Waals surface area contributed by atoms with Gasteiger partial charge in [-0.3, -0.25) is 4.57 Å². The second-order valence-electron chi connectivity index (χ2n) is 5.89. The number of aromatic nitrogens is 2. The zero-order valence-corrected chi connectivity index (χ0v) is 12.4. The van der Waals surface area contributed by atoms with Crippen molar-refractivity contribution < 1.29 is 0 Å². The molecule has 1 N–H and O–H groups in total. The lowest BCUT2D eigenvalue weighted by atomic mass is 9.96. The van der Waals surface area contributed by atoms with E-state index in [2.05, 4.69) is 29.8 Å². The Morgan fingerprint density at radius 1 is 1.30 bits per heavy atom. The van der Waals surface area contributed by atoms with Gasteiger partial charge < -0.3 is 9.88 Å². The Balaban J connectivity index is 1.85. The fourth-order valence-electron chi connectivity index (χ4n) is 3.32. The van der Waals surface area contributed by atoms with Gasteiger partial charge in [-0.15, -0.1) is 0 Å². The third-order valence-electron chi connectivity index (χ3n) is 4.59. The van der Waals surface area contributed by atoms with Gasteiger partial charge in [0.05, 0.1) is 11.0 Å². The summed E-state index contributed by atoms with van der Waals surface area (Å²) in [6.07, 6.45) is 2.39. The Bertz CT molecular complexity index is 647. The summed E-state index contributed by atoms with van der Waals surface area (Å²) in [7, 11) is 0. The summed E-state index contributed by atoms with van der Waals surface area (Å²) in [5.74, 6) is 0.620. The average molecular weight is 273 g/mol. The minimum atomic E-state index is 0.0345. The zero-order chi connectivity index (χ0) is 14.1. The highest BCUT2D eigenvalue weighted by Crippen LogP contribution is 2.21. The van der Waals surface area contributed by atoms with Crippen LogP contribution in [0.1, 0.15) is 25.3 Å². The molecule has 1 aliphatic heterocycles. The van der Waals surface area contributed by atoms with Crippen molar-refractivity contribution in [2.45, 2.75) is 33.2 Å². The first-order valence-electron chi connectivity index (χ1n) is 7.59. The molecule has 1 fully saturated rings. The van der Waals surface area contributed by atoms with Crippen LogP contribution in [-0.2, 0) is 6.54 Å². The minimum Gasteiger partial charge on any atom is -0.306 e. The number of imidazole rings is 1. The lowest BCUT2D eigenvalue weighted by molar-refractivity contribution is 0.181. The number of benzene rings is 1. The molecule has 0 amide bonds. The van der Waals surface area contributed by atoms with E-state index in [0.717, 1.165) is 37.2 Å². The fourth-order valence-corrected chi connectivity index (χ4v) is 3.32. The van der Waals surface area contributed by atoms with Crippen molar-refractivity contribution in [1.29, 1.82) is 0 Å². The van der Waals surface area contributed by atoms with Crippen LogP contribution in [0.15, 0.2) is 23.0 Å². The molecule has 0 spiro atoms. The van der Waals surface area contributed by atoms with E-state index in [1.165, 1.54) is 18.4 Å². The molecule has 0 radical (unpaired) electrons. The average Bonchev–Trinajstić information content (AvgIpc) is 2.77. The molecule has 0 bridgehead atoms. The molecule has 2 aromatic rings. The van der Waals surface area contributed by atoms with Crippen LogP contribution in [0, 0.1) is 12.8 Å².